The van der Waals surface area contributed by atoms with Gasteiger partial charge in [-0.25, -0.2) is 10.4 Å². The van der Waals surface area contributed by atoms with Crippen LogP contribution in [0.4, 0.5) is 0 Å². The highest BCUT2D eigenvalue weighted by Gasteiger charge is 2.53. The molecular formula is C32H36BrN3O4. The molecule has 4 rings (SSSR count). The van der Waals surface area contributed by atoms with E-state index in [1.807, 2.05) is 91.0 Å². The van der Waals surface area contributed by atoms with Crippen LogP contribution in [0, 0.1) is 5.92 Å². The Bertz CT molecular complexity index is 1310. The van der Waals surface area contributed by atoms with Crippen molar-refractivity contribution in [2.75, 3.05) is 19.8 Å². The van der Waals surface area contributed by atoms with Crippen LogP contribution in [-0.4, -0.2) is 42.2 Å². The minimum absolute atomic E-state index is 0.0774. The van der Waals surface area contributed by atoms with Gasteiger partial charge in [-0.1, -0.05) is 90.5 Å². The second-order valence-electron chi connectivity index (χ2n) is 10.1. The van der Waals surface area contributed by atoms with Crippen molar-refractivity contribution >= 4 is 33.8 Å². The largest absolute Gasteiger partial charge is 0.494 e. The summed E-state index contributed by atoms with van der Waals surface area (Å²) in [4.78, 5) is 19.0. The smallest absolute Gasteiger partial charge is 0.266 e. The Morgan fingerprint density at radius 3 is 2.52 bits per heavy atom. The van der Waals surface area contributed by atoms with Gasteiger partial charge < -0.3 is 14.6 Å². The Morgan fingerprint density at radius 1 is 1.10 bits per heavy atom. The van der Waals surface area contributed by atoms with Crippen molar-refractivity contribution < 1.29 is 19.4 Å². The summed E-state index contributed by atoms with van der Waals surface area (Å²) in [6.45, 7) is 5.28. The number of hydrogen-bond acceptors (Lipinski definition) is 6. The Kier molecular flexibility index (Phi) is 10.5. The number of rotatable bonds is 13. The summed E-state index contributed by atoms with van der Waals surface area (Å²) in [5.74, 6) is 1.15. The van der Waals surface area contributed by atoms with Crippen LogP contribution in [0.1, 0.15) is 49.5 Å². The number of ether oxygens (including phenoxy) is 2. The average Bonchev–Trinajstić information content (AvgIpc) is 3.34. The van der Waals surface area contributed by atoms with Crippen molar-refractivity contribution in [3.63, 3.8) is 0 Å². The van der Waals surface area contributed by atoms with Crippen molar-refractivity contribution in [1.82, 2.24) is 10.9 Å². The highest BCUT2D eigenvalue weighted by Crippen LogP contribution is 2.44. The van der Waals surface area contributed by atoms with Gasteiger partial charge in [-0.05, 0) is 41.8 Å². The van der Waals surface area contributed by atoms with Crippen molar-refractivity contribution in [2.24, 2.45) is 10.9 Å². The molecule has 0 aliphatic carbocycles. The summed E-state index contributed by atoms with van der Waals surface area (Å²) in [7, 11) is 0. The first-order valence-corrected chi connectivity index (χ1v) is 14.3. The van der Waals surface area contributed by atoms with E-state index in [-0.39, 0.29) is 12.5 Å². The molecule has 40 heavy (non-hydrogen) atoms. The number of amides is 1. The summed E-state index contributed by atoms with van der Waals surface area (Å²) >= 11 is 3.67. The zero-order valence-corrected chi connectivity index (χ0v) is 24.4. The molecule has 0 aromatic heterocycles. The summed E-state index contributed by atoms with van der Waals surface area (Å²) < 4.78 is 13.1. The molecule has 3 aromatic rings. The Hall–Kier alpha value is -3.46. The molecule has 7 nitrogen and oxygen atoms in total. The number of benzene rings is 3. The fourth-order valence-electron chi connectivity index (χ4n) is 4.36. The third kappa shape index (κ3) is 7.38. The maximum atomic E-state index is 14.0. The molecule has 0 spiro atoms. The number of nitrogens with one attached hydrogen (secondary N) is 2. The third-order valence-electron chi connectivity index (χ3n) is 6.47. The van der Waals surface area contributed by atoms with Gasteiger partial charge in [0.2, 0.25) is 5.90 Å². The van der Waals surface area contributed by atoms with E-state index in [9.17, 15) is 4.79 Å². The SMILES string of the molecule is CC(C)CNNC(=O)[C@@]1(C/C=C/c2ccccc2)N=C(c2ccc(OCCCO)cc2)O[C@H]1c1ccccc1Br. The minimum atomic E-state index is -1.27. The lowest BCUT2D eigenvalue weighted by molar-refractivity contribution is -0.129. The number of hydrazine groups is 1. The van der Waals surface area contributed by atoms with Gasteiger partial charge in [-0.2, -0.15) is 0 Å². The molecule has 1 aliphatic heterocycles. The normalized spacial score (nSPS) is 18.5. The van der Waals surface area contributed by atoms with Gasteiger partial charge in [0.1, 0.15) is 5.75 Å². The first-order chi connectivity index (χ1) is 19.4. The molecule has 1 aliphatic rings. The van der Waals surface area contributed by atoms with Crippen LogP contribution in [-0.2, 0) is 9.53 Å². The lowest BCUT2D eigenvalue weighted by Gasteiger charge is -2.30. The minimum Gasteiger partial charge on any atom is -0.494 e. The highest BCUT2D eigenvalue weighted by atomic mass is 79.9. The molecule has 0 bridgehead atoms. The molecule has 1 heterocycles. The standard InChI is InChI=1S/C32H36BrN3O4/c1-23(2)22-34-36-31(38)32(19-8-12-24-10-4-3-5-11-24)29(27-13-6-7-14-28(27)33)40-30(35-32)25-15-17-26(18-16-25)39-21-9-20-37/h3-8,10-18,23,29,34,37H,9,19-22H2,1-2H3,(H,36,38)/b12-8+/t29-,32-/m0/s1. The van der Waals surface area contributed by atoms with Gasteiger partial charge in [0.05, 0.1) is 6.61 Å². The summed E-state index contributed by atoms with van der Waals surface area (Å²) in [6, 6.07) is 25.1. The quantitative estimate of drug-likeness (QED) is 0.168. The van der Waals surface area contributed by atoms with E-state index >= 15 is 0 Å². The average molecular weight is 607 g/mol. The maximum absolute atomic E-state index is 14.0. The van der Waals surface area contributed by atoms with Crippen LogP contribution in [0.5, 0.6) is 5.75 Å². The van der Waals surface area contributed by atoms with Gasteiger partial charge in [0.25, 0.3) is 5.91 Å². The van der Waals surface area contributed by atoms with E-state index in [0.717, 1.165) is 21.2 Å². The number of aliphatic hydroxyl groups excluding tert-OH is 1. The highest BCUT2D eigenvalue weighted by molar-refractivity contribution is 9.10. The van der Waals surface area contributed by atoms with E-state index in [0.29, 0.717) is 43.6 Å². The number of halogens is 1. The van der Waals surface area contributed by atoms with Crippen molar-refractivity contribution in [3.8, 4) is 5.75 Å². The Balaban J connectivity index is 1.72. The molecule has 210 valence electrons. The van der Waals surface area contributed by atoms with Crippen LogP contribution in [0.25, 0.3) is 6.08 Å². The molecule has 0 unspecified atom stereocenters. The first-order valence-electron chi connectivity index (χ1n) is 13.5. The summed E-state index contributed by atoms with van der Waals surface area (Å²) in [5, 5.41) is 9.01. The molecule has 1 amide bonds. The maximum Gasteiger partial charge on any atom is 0.266 e. The number of carbonyl (C=O) groups is 1. The van der Waals surface area contributed by atoms with Crippen LogP contribution < -0.4 is 15.6 Å². The molecule has 0 saturated carbocycles. The van der Waals surface area contributed by atoms with Gasteiger partial charge >= 0.3 is 0 Å². The summed E-state index contributed by atoms with van der Waals surface area (Å²) in [5.41, 5.74) is 7.31. The van der Waals surface area contributed by atoms with Gasteiger partial charge in [0.15, 0.2) is 11.6 Å². The van der Waals surface area contributed by atoms with E-state index < -0.39 is 11.6 Å². The molecule has 2 atom stereocenters. The van der Waals surface area contributed by atoms with Gasteiger partial charge in [-0.3, -0.25) is 10.2 Å². The van der Waals surface area contributed by atoms with Crippen LogP contribution in [0.2, 0.25) is 0 Å². The number of carbonyl (C=O) groups excluding carboxylic acids is 1. The van der Waals surface area contributed by atoms with Crippen molar-refractivity contribution in [1.29, 1.82) is 0 Å². The lowest BCUT2D eigenvalue weighted by Crippen LogP contribution is -2.53. The molecular weight excluding hydrogens is 570 g/mol. The second kappa shape index (κ2) is 14.3. The zero-order chi connectivity index (χ0) is 28.4. The number of nitrogens with zero attached hydrogens (tertiary/aromatic N) is 1. The van der Waals surface area contributed by atoms with E-state index in [2.05, 4.69) is 40.6 Å². The molecule has 3 N–H and O–H groups in total. The van der Waals surface area contributed by atoms with Crippen LogP contribution >= 0.6 is 15.9 Å². The van der Waals surface area contributed by atoms with Gasteiger partial charge in [0, 0.05) is 41.6 Å². The molecule has 8 heteroatoms. The second-order valence-corrected chi connectivity index (χ2v) is 10.9. The first kappa shape index (κ1) is 29.5. The Labute approximate surface area is 244 Å². The third-order valence-corrected chi connectivity index (χ3v) is 7.19. The van der Waals surface area contributed by atoms with E-state index in [1.165, 1.54) is 0 Å². The monoisotopic (exact) mass is 605 g/mol. The zero-order valence-electron chi connectivity index (χ0n) is 22.8. The predicted molar refractivity (Wildman–Crippen MR) is 162 cm³/mol. The molecule has 0 fully saturated rings. The van der Waals surface area contributed by atoms with E-state index in [1.54, 1.807) is 0 Å². The van der Waals surface area contributed by atoms with Crippen LogP contribution in [0.3, 0.4) is 0 Å². The van der Waals surface area contributed by atoms with E-state index in [4.69, 9.17) is 19.6 Å². The molecule has 0 radical (unpaired) electrons. The number of aliphatic hydroxyl groups is 1. The van der Waals surface area contributed by atoms with Crippen molar-refractivity contribution in [3.05, 3.63) is 106 Å². The topological polar surface area (TPSA) is 92.2 Å². The fourth-order valence-corrected chi connectivity index (χ4v) is 4.86. The summed E-state index contributed by atoms with van der Waals surface area (Å²) in [6.07, 6.45) is 4.17. The molecule has 0 saturated heterocycles. The van der Waals surface area contributed by atoms with Gasteiger partial charge in [-0.15, -0.1) is 0 Å². The number of aliphatic imine (C=N–C) groups is 1. The van der Waals surface area contributed by atoms with Crippen molar-refractivity contribution in [2.45, 2.75) is 38.3 Å². The molecule has 3 aromatic carbocycles. The lowest BCUT2D eigenvalue weighted by atomic mass is 9.84. The van der Waals surface area contributed by atoms with Crippen LogP contribution in [0.15, 0.2) is 94.4 Å². The predicted octanol–water partition coefficient (Wildman–Crippen LogP) is 5.85. The fraction of sp³-hybridized carbons (Fsp3) is 0.312. The number of hydrogen-bond donors (Lipinski definition) is 3. The Morgan fingerprint density at radius 2 is 1.82 bits per heavy atom.